The quantitative estimate of drug-likeness (QED) is 0.873. The molecule has 0 heterocycles. The SMILES string of the molecule is COc1cc(Br)c(CN[C@H]2CCCC[C@@H]2C)cc1OC. The Balaban J connectivity index is 2.05. The number of methoxy groups -OCH3 is 2. The molecule has 0 amide bonds. The largest absolute Gasteiger partial charge is 0.493 e. The van der Waals surface area contributed by atoms with Crippen molar-refractivity contribution in [2.75, 3.05) is 14.2 Å². The van der Waals surface area contributed by atoms with Crippen LogP contribution in [0.25, 0.3) is 0 Å². The molecule has 1 aromatic rings. The van der Waals surface area contributed by atoms with E-state index in [9.17, 15) is 0 Å². The Labute approximate surface area is 130 Å². The van der Waals surface area contributed by atoms with Crippen LogP contribution in [0.3, 0.4) is 0 Å². The summed E-state index contributed by atoms with van der Waals surface area (Å²) in [5, 5.41) is 3.69. The summed E-state index contributed by atoms with van der Waals surface area (Å²) in [6.07, 6.45) is 5.34. The van der Waals surface area contributed by atoms with Gasteiger partial charge in [-0.25, -0.2) is 0 Å². The van der Waals surface area contributed by atoms with E-state index in [1.54, 1.807) is 14.2 Å². The lowest BCUT2D eigenvalue weighted by Crippen LogP contribution is -2.36. The van der Waals surface area contributed by atoms with Crippen molar-refractivity contribution < 1.29 is 9.47 Å². The lowest BCUT2D eigenvalue weighted by molar-refractivity contribution is 0.279. The summed E-state index contributed by atoms with van der Waals surface area (Å²) in [5.74, 6) is 2.31. The highest BCUT2D eigenvalue weighted by Gasteiger charge is 2.21. The summed E-state index contributed by atoms with van der Waals surface area (Å²) in [5.41, 5.74) is 1.21. The molecule has 0 spiro atoms. The third-order valence-corrected chi connectivity index (χ3v) is 4.96. The predicted octanol–water partition coefficient (Wildman–Crippen LogP) is 4.13. The molecule has 1 N–H and O–H groups in total. The number of rotatable bonds is 5. The summed E-state index contributed by atoms with van der Waals surface area (Å²) in [6, 6.07) is 4.65. The average Bonchev–Trinajstić information content (AvgIpc) is 2.47. The minimum absolute atomic E-state index is 0.628. The third-order valence-electron chi connectivity index (χ3n) is 4.22. The smallest absolute Gasteiger partial charge is 0.161 e. The normalized spacial score (nSPS) is 22.6. The topological polar surface area (TPSA) is 30.5 Å². The lowest BCUT2D eigenvalue weighted by Gasteiger charge is -2.30. The van der Waals surface area contributed by atoms with Crippen molar-refractivity contribution in [3.05, 3.63) is 22.2 Å². The van der Waals surface area contributed by atoms with Crippen molar-refractivity contribution in [2.45, 2.75) is 45.2 Å². The first kappa shape index (κ1) is 15.6. The molecule has 20 heavy (non-hydrogen) atoms. The Bertz CT molecular complexity index is 450. The molecule has 0 bridgehead atoms. The second-order valence-corrected chi connectivity index (χ2v) is 6.40. The minimum atomic E-state index is 0.628. The van der Waals surface area contributed by atoms with Gasteiger partial charge >= 0.3 is 0 Å². The molecular weight excluding hydrogens is 318 g/mol. The van der Waals surface area contributed by atoms with Crippen LogP contribution >= 0.6 is 15.9 Å². The fourth-order valence-electron chi connectivity index (χ4n) is 2.89. The summed E-state index contributed by atoms with van der Waals surface area (Å²) in [7, 11) is 3.33. The maximum absolute atomic E-state index is 5.37. The van der Waals surface area contributed by atoms with Crippen molar-refractivity contribution >= 4 is 15.9 Å². The van der Waals surface area contributed by atoms with E-state index in [2.05, 4.69) is 28.2 Å². The predicted molar refractivity (Wildman–Crippen MR) is 85.5 cm³/mol. The number of halogens is 1. The van der Waals surface area contributed by atoms with E-state index in [0.29, 0.717) is 6.04 Å². The van der Waals surface area contributed by atoms with Gasteiger partial charge in [0.05, 0.1) is 14.2 Å². The molecule has 1 aliphatic rings. The van der Waals surface area contributed by atoms with E-state index < -0.39 is 0 Å². The van der Waals surface area contributed by atoms with Crippen LogP contribution in [0.4, 0.5) is 0 Å². The highest BCUT2D eigenvalue weighted by Crippen LogP contribution is 2.33. The van der Waals surface area contributed by atoms with Crippen molar-refractivity contribution in [2.24, 2.45) is 5.92 Å². The van der Waals surface area contributed by atoms with Crippen molar-refractivity contribution in [3.63, 3.8) is 0 Å². The summed E-state index contributed by atoms with van der Waals surface area (Å²) >= 11 is 3.62. The van der Waals surface area contributed by atoms with Gasteiger partial charge in [-0.1, -0.05) is 35.7 Å². The Hall–Kier alpha value is -0.740. The zero-order chi connectivity index (χ0) is 14.5. The molecule has 1 fully saturated rings. The minimum Gasteiger partial charge on any atom is -0.493 e. The number of nitrogens with one attached hydrogen (secondary N) is 1. The Morgan fingerprint density at radius 3 is 2.45 bits per heavy atom. The first-order valence-electron chi connectivity index (χ1n) is 7.29. The molecule has 0 aliphatic heterocycles. The molecule has 0 aromatic heterocycles. The van der Waals surface area contributed by atoms with Crippen LogP contribution in [0.2, 0.25) is 0 Å². The van der Waals surface area contributed by atoms with E-state index in [-0.39, 0.29) is 0 Å². The van der Waals surface area contributed by atoms with E-state index >= 15 is 0 Å². The van der Waals surface area contributed by atoms with Crippen LogP contribution < -0.4 is 14.8 Å². The molecule has 0 unspecified atom stereocenters. The first-order valence-corrected chi connectivity index (χ1v) is 8.08. The van der Waals surface area contributed by atoms with Gasteiger partial charge in [0.2, 0.25) is 0 Å². The third kappa shape index (κ3) is 3.67. The number of hydrogen-bond donors (Lipinski definition) is 1. The van der Waals surface area contributed by atoms with Gasteiger partial charge in [-0.05, 0) is 36.5 Å². The maximum Gasteiger partial charge on any atom is 0.161 e. The molecule has 1 saturated carbocycles. The zero-order valence-electron chi connectivity index (χ0n) is 12.5. The Morgan fingerprint density at radius 1 is 1.15 bits per heavy atom. The summed E-state index contributed by atoms with van der Waals surface area (Å²) < 4.78 is 11.7. The van der Waals surface area contributed by atoms with Crippen LogP contribution in [-0.2, 0) is 6.54 Å². The molecule has 1 aromatic carbocycles. The summed E-state index contributed by atoms with van der Waals surface area (Å²) in [4.78, 5) is 0. The average molecular weight is 342 g/mol. The fraction of sp³-hybridized carbons (Fsp3) is 0.625. The number of ether oxygens (including phenoxy) is 2. The highest BCUT2D eigenvalue weighted by molar-refractivity contribution is 9.10. The van der Waals surface area contributed by atoms with Crippen LogP contribution in [0.15, 0.2) is 16.6 Å². The molecule has 2 rings (SSSR count). The van der Waals surface area contributed by atoms with Gasteiger partial charge in [0.15, 0.2) is 11.5 Å². The molecule has 0 saturated heterocycles. The van der Waals surface area contributed by atoms with Crippen molar-refractivity contribution in [1.29, 1.82) is 0 Å². The van der Waals surface area contributed by atoms with Gasteiger partial charge in [-0.3, -0.25) is 0 Å². The van der Waals surface area contributed by atoms with Gasteiger partial charge < -0.3 is 14.8 Å². The lowest BCUT2D eigenvalue weighted by atomic mass is 9.86. The first-order chi connectivity index (χ1) is 9.65. The van der Waals surface area contributed by atoms with E-state index in [1.165, 1.54) is 31.2 Å². The van der Waals surface area contributed by atoms with Gasteiger partial charge in [-0.2, -0.15) is 0 Å². The van der Waals surface area contributed by atoms with Crippen LogP contribution in [0.1, 0.15) is 38.2 Å². The van der Waals surface area contributed by atoms with Gasteiger partial charge in [0.1, 0.15) is 0 Å². The zero-order valence-corrected chi connectivity index (χ0v) is 14.1. The van der Waals surface area contributed by atoms with Gasteiger partial charge in [0.25, 0.3) is 0 Å². The number of benzene rings is 1. The van der Waals surface area contributed by atoms with Crippen LogP contribution in [0, 0.1) is 5.92 Å². The van der Waals surface area contributed by atoms with Crippen molar-refractivity contribution in [3.8, 4) is 11.5 Å². The van der Waals surface area contributed by atoms with E-state index in [1.807, 2.05) is 12.1 Å². The molecule has 2 atom stereocenters. The monoisotopic (exact) mass is 341 g/mol. The van der Waals surface area contributed by atoms with Gasteiger partial charge in [-0.15, -0.1) is 0 Å². The highest BCUT2D eigenvalue weighted by atomic mass is 79.9. The fourth-order valence-corrected chi connectivity index (χ4v) is 3.35. The molecule has 0 radical (unpaired) electrons. The standard InChI is InChI=1S/C16H24BrNO2/c1-11-6-4-5-7-14(11)18-10-12-8-15(19-2)16(20-3)9-13(12)17/h8-9,11,14,18H,4-7,10H2,1-3H3/t11-,14-/m0/s1. The molecule has 112 valence electrons. The number of hydrogen-bond acceptors (Lipinski definition) is 3. The van der Waals surface area contributed by atoms with E-state index in [0.717, 1.165) is 28.4 Å². The second-order valence-electron chi connectivity index (χ2n) is 5.55. The summed E-state index contributed by atoms with van der Waals surface area (Å²) in [6.45, 7) is 3.20. The van der Waals surface area contributed by atoms with E-state index in [4.69, 9.17) is 9.47 Å². The molecule has 3 nitrogen and oxygen atoms in total. The van der Waals surface area contributed by atoms with Gasteiger partial charge in [0, 0.05) is 17.1 Å². The Kier molecular flexibility index (Phi) is 5.73. The Morgan fingerprint density at radius 2 is 1.80 bits per heavy atom. The van der Waals surface area contributed by atoms with Crippen molar-refractivity contribution in [1.82, 2.24) is 5.32 Å². The molecule has 4 heteroatoms. The van der Waals surface area contributed by atoms with Crippen LogP contribution in [-0.4, -0.2) is 20.3 Å². The molecular formula is C16H24BrNO2. The maximum atomic E-state index is 5.37. The van der Waals surface area contributed by atoms with Crippen LogP contribution in [0.5, 0.6) is 11.5 Å². The molecule has 1 aliphatic carbocycles. The second kappa shape index (κ2) is 7.32.